The Morgan fingerprint density at radius 3 is 2.22 bits per heavy atom. The van der Waals surface area contributed by atoms with Crippen molar-refractivity contribution in [2.24, 2.45) is 5.41 Å². The Morgan fingerprint density at radius 2 is 1.68 bits per heavy atom. The van der Waals surface area contributed by atoms with E-state index in [0.29, 0.717) is 12.2 Å². The van der Waals surface area contributed by atoms with Crippen LogP contribution >= 0.6 is 0 Å². The molecule has 0 saturated heterocycles. The molecule has 2 aromatic carbocycles. The van der Waals surface area contributed by atoms with Crippen LogP contribution in [-0.2, 0) is 26.0 Å². The van der Waals surface area contributed by atoms with Gasteiger partial charge in [-0.25, -0.2) is 13.2 Å². The summed E-state index contributed by atoms with van der Waals surface area (Å²) >= 11 is 0. The van der Waals surface area contributed by atoms with Crippen LogP contribution in [0.1, 0.15) is 32.3 Å². The third kappa shape index (κ3) is 9.34. The standard InChI is InChI=1S/C26H36N2O8S/c1-26(2,15-14-24(30)36-4)18-28(37(33,34)21-12-10-20(35-3)11-13-21)17-23(29)22(27-25(31)32)16-19-8-6-5-7-9-19/h5-13,22-23,27,29H,14-18H2,1-4H3,(H,31,32)/t22-,23+/m0/s1. The van der Waals surface area contributed by atoms with Crippen molar-refractivity contribution in [2.75, 3.05) is 27.3 Å². The van der Waals surface area contributed by atoms with E-state index in [-0.39, 0.29) is 30.8 Å². The lowest BCUT2D eigenvalue weighted by Gasteiger charge is -2.34. The molecule has 2 atom stereocenters. The molecule has 2 aromatic rings. The number of aliphatic hydroxyl groups is 1. The van der Waals surface area contributed by atoms with Crippen LogP contribution in [0.5, 0.6) is 5.75 Å². The fourth-order valence-corrected chi connectivity index (χ4v) is 5.54. The van der Waals surface area contributed by atoms with Crippen molar-refractivity contribution in [3.63, 3.8) is 0 Å². The molecule has 204 valence electrons. The van der Waals surface area contributed by atoms with E-state index in [1.807, 2.05) is 19.9 Å². The molecule has 0 aliphatic heterocycles. The zero-order valence-corrected chi connectivity index (χ0v) is 22.4. The van der Waals surface area contributed by atoms with Gasteiger partial charge >= 0.3 is 12.1 Å². The molecule has 0 aliphatic carbocycles. The summed E-state index contributed by atoms with van der Waals surface area (Å²) in [6, 6.07) is 13.9. The van der Waals surface area contributed by atoms with E-state index in [4.69, 9.17) is 9.47 Å². The molecule has 0 fully saturated rings. The highest BCUT2D eigenvalue weighted by Crippen LogP contribution is 2.29. The first-order valence-corrected chi connectivity index (χ1v) is 13.2. The molecule has 0 heterocycles. The molecule has 3 N–H and O–H groups in total. The van der Waals surface area contributed by atoms with Gasteiger partial charge in [-0.2, -0.15) is 4.31 Å². The summed E-state index contributed by atoms with van der Waals surface area (Å²) in [4.78, 5) is 23.2. The van der Waals surface area contributed by atoms with Gasteiger partial charge in [-0.1, -0.05) is 44.2 Å². The minimum Gasteiger partial charge on any atom is -0.497 e. The van der Waals surface area contributed by atoms with E-state index in [9.17, 15) is 28.2 Å². The summed E-state index contributed by atoms with van der Waals surface area (Å²) in [5.41, 5.74) is 0.117. The van der Waals surface area contributed by atoms with Crippen LogP contribution in [0.15, 0.2) is 59.5 Å². The number of hydrogen-bond acceptors (Lipinski definition) is 7. The molecular formula is C26H36N2O8S. The number of amides is 1. The number of methoxy groups -OCH3 is 2. The molecule has 0 unspecified atom stereocenters. The Hall–Kier alpha value is -3.15. The fourth-order valence-electron chi connectivity index (χ4n) is 3.89. The number of sulfonamides is 1. The number of ether oxygens (including phenoxy) is 2. The van der Waals surface area contributed by atoms with Gasteiger partial charge in [-0.15, -0.1) is 0 Å². The van der Waals surface area contributed by atoms with Crippen molar-refractivity contribution in [2.45, 2.75) is 50.2 Å². The van der Waals surface area contributed by atoms with Crippen LogP contribution in [0.2, 0.25) is 0 Å². The number of hydrogen-bond donors (Lipinski definition) is 3. The minimum absolute atomic E-state index is 0.00456. The van der Waals surface area contributed by atoms with Crippen LogP contribution in [0.4, 0.5) is 4.79 Å². The average Bonchev–Trinajstić information content (AvgIpc) is 2.86. The Bertz CT molecular complexity index is 1120. The Balaban J connectivity index is 2.37. The van der Waals surface area contributed by atoms with Gasteiger partial charge in [0.2, 0.25) is 10.0 Å². The van der Waals surface area contributed by atoms with Crippen LogP contribution in [0.25, 0.3) is 0 Å². The van der Waals surface area contributed by atoms with Crippen LogP contribution in [0.3, 0.4) is 0 Å². The first kappa shape index (κ1) is 30.1. The smallest absolute Gasteiger partial charge is 0.404 e. The van der Waals surface area contributed by atoms with Gasteiger partial charge < -0.3 is 25.0 Å². The van der Waals surface area contributed by atoms with E-state index in [1.54, 1.807) is 24.3 Å². The number of nitrogens with zero attached hydrogens (tertiary/aromatic N) is 1. The molecule has 0 radical (unpaired) electrons. The van der Waals surface area contributed by atoms with Crippen molar-refractivity contribution in [3.8, 4) is 5.75 Å². The maximum Gasteiger partial charge on any atom is 0.404 e. The second-order valence-corrected chi connectivity index (χ2v) is 11.5. The minimum atomic E-state index is -4.11. The van der Waals surface area contributed by atoms with Gasteiger partial charge in [0.25, 0.3) is 0 Å². The summed E-state index contributed by atoms with van der Waals surface area (Å²) in [7, 11) is -1.35. The topological polar surface area (TPSA) is 142 Å². The second kappa shape index (κ2) is 13.4. The molecule has 0 bridgehead atoms. The Morgan fingerprint density at radius 1 is 1.05 bits per heavy atom. The van der Waals surface area contributed by atoms with Crippen molar-refractivity contribution in [1.82, 2.24) is 9.62 Å². The third-order valence-corrected chi connectivity index (χ3v) is 7.82. The largest absolute Gasteiger partial charge is 0.497 e. The lowest BCUT2D eigenvalue weighted by molar-refractivity contribution is -0.141. The highest BCUT2D eigenvalue weighted by Gasteiger charge is 2.35. The molecule has 0 spiro atoms. The van der Waals surface area contributed by atoms with Crippen molar-refractivity contribution in [1.29, 1.82) is 0 Å². The maximum atomic E-state index is 13.7. The monoisotopic (exact) mass is 536 g/mol. The number of aliphatic hydroxyl groups excluding tert-OH is 1. The van der Waals surface area contributed by atoms with E-state index < -0.39 is 39.6 Å². The highest BCUT2D eigenvalue weighted by atomic mass is 32.2. The molecule has 2 rings (SSSR count). The van der Waals surface area contributed by atoms with Gasteiger partial charge in [-0.05, 0) is 48.1 Å². The molecular weight excluding hydrogens is 500 g/mol. The number of benzene rings is 2. The molecule has 0 aromatic heterocycles. The van der Waals surface area contributed by atoms with E-state index in [2.05, 4.69) is 5.32 Å². The van der Waals surface area contributed by atoms with E-state index >= 15 is 0 Å². The normalized spacial score (nSPS) is 13.6. The number of nitrogens with one attached hydrogen (secondary N) is 1. The number of carboxylic acid groups (broad SMARTS) is 1. The van der Waals surface area contributed by atoms with Gasteiger partial charge in [0.15, 0.2) is 0 Å². The predicted molar refractivity (Wildman–Crippen MR) is 138 cm³/mol. The van der Waals surface area contributed by atoms with Crippen molar-refractivity contribution < 1.29 is 37.7 Å². The first-order valence-electron chi connectivity index (χ1n) is 11.8. The summed E-state index contributed by atoms with van der Waals surface area (Å²) in [5.74, 6) is 0.0729. The quantitative estimate of drug-likeness (QED) is 0.313. The molecule has 11 heteroatoms. The van der Waals surface area contributed by atoms with Gasteiger partial charge in [0.1, 0.15) is 5.75 Å². The molecule has 1 amide bonds. The SMILES string of the molecule is COC(=O)CCC(C)(C)CN(C[C@@H](O)[C@H](Cc1ccccc1)NC(=O)O)S(=O)(=O)c1ccc(OC)cc1. The van der Waals surface area contributed by atoms with Gasteiger partial charge in [0, 0.05) is 19.5 Å². The highest BCUT2D eigenvalue weighted by molar-refractivity contribution is 7.89. The number of carbonyl (C=O) groups is 2. The summed E-state index contributed by atoms with van der Waals surface area (Å²) in [6.45, 7) is 3.24. The molecule has 0 aliphatic rings. The molecule has 37 heavy (non-hydrogen) atoms. The zero-order valence-electron chi connectivity index (χ0n) is 21.6. The summed E-state index contributed by atoms with van der Waals surface area (Å²) < 4.78 is 38.3. The van der Waals surface area contributed by atoms with Crippen molar-refractivity contribution in [3.05, 3.63) is 60.2 Å². The molecule has 0 saturated carbocycles. The first-order chi connectivity index (χ1) is 17.4. The van der Waals surface area contributed by atoms with Crippen LogP contribution < -0.4 is 10.1 Å². The van der Waals surface area contributed by atoms with Crippen LogP contribution in [-0.4, -0.2) is 74.5 Å². The summed E-state index contributed by atoms with van der Waals surface area (Å²) in [5, 5.41) is 22.8. The van der Waals surface area contributed by atoms with Crippen LogP contribution in [0, 0.1) is 5.41 Å². The van der Waals surface area contributed by atoms with Crippen molar-refractivity contribution >= 4 is 22.1 Å². The average molecular weight is 537 g/mol. The Labute approximate surface area is 218 Å². The lowest BCUT2D eigenvalue weighted by Crippen LogP contribution is -2.51. The fraction of sp³-hybridized carbons (Fsp3) is 0.462. The van der Waals surface area contributed by atoms with E-state index in [0.717, 1.165) is 9.87 Å². The summed E-state index contributed by atoms with van der Waals surface area (Å²) in [6.07, 6.45) is -2.09. The Kier molecular flexibility index (Phi) is 10.9. The maximum absolute atomic E-state index is 13.7. The third-order valence-electron chi connectivity index (χ3n) is 6.00. The van der Waals surface area contributed by atoms with E-state index in [1.165, 1.54) is 38.5 Å². The number of esters is 1. The number of rotatable bonds is 14. The molecule has 10 nitrogen and oxygen atoms in total. The lowest BCUT2D eigenvalue weighted by atomic mass is 9.87. The zero-order chi connectivity index (χ0) is 27.6. The van der Waals surface area contributed by atoms with Gasteiger partial charge in [0.05, 0.1) is 31.3 Å². The van der Waals surface area contributed by atoms with Gasteiger partial charge in [-0.3, -0.25) is 4.79 Å². The number of carbonyl (C=O) groups excluding carboxylic acids is 1. The second-order valence-electron chi connectivity index (χ2n) is 9.53. The predicted octanol–water partition coefficient (Wildman–Crippen LogP) is 2.91.